The van der Waals surface area contributed by atoms with Crippen LogP contribution in [-0.4, -0.2) is 28.5 Å². The number of carbonyl (C=O) groups is 1. The molecule has 8 heteroatoms. The maximum atomic E-state index is 12.6. The Balaban J connectivity index is 0.00000196. The SMILES string of the molecule is Cc1csc(NC(=O)Cn2c3c(c4cc(Br)ccc42)CCNCC3)n1.Cl. The second kappa shape index (κ2) is 8.08. The monoisotopic (exact) mass is 454 g/mol. The molecule has 0 atom stereocenters. The molecule has 1 aliphatic heterocycles. The summed E-state index contributed by atoms with van der Waals surface area (Å²) in [6, 6.07) is 6.30. The largest absolute Gasteiger partial charge is 0.335 e. The molecule has 0 radical (unpaired) electrons. The van der Waals surface area contributed by atoms with Gasteiger partial charge in [-0.1, -0.05) is 15.9 Å². The second-order valence-electron chi connectivity index (χ2n) is 6.27. The first-order chi connectivity index (χ1) is 12.1. The van der Waals surface area contributed by atoms with Crippen LogP contribution in [0.4, 0.5) is 5.13 Å². The van der Waals surface area contributed by atoms with Gasteiger partial charge in [0.25, 0.3) is 0 Å². The molecule has 2 N–H and O–H groups in total. The van der Waals surface area contributed by atoms with Gasteiger partial charge in [-0.15, -0.1) is 23.7 Å². The van der Waals surface area contributed by atoms with Crippen LogP contribution in [0.2, 0.25) is 0 Å². The quantitative estimate of drug-likeness (QED) is 0.629. The van der Waals surface area contributed by atoms with E-state index in [1.807, 2.05) is 18.4 Å². The minimum absolute atomic E-state index is 0. The van der Waals surface area contributed by atoms with Crippen molar-refractivity contribution < 1.29 is 4.79 Å². The molecule has 0 unspecified atom stereocenters. The molecule has 5 nitrogen and oxygen atoms in total. The number of hydrogen-bond acceptors (Lipinski definition) is 4. The number of nitrogens with zero attached hydrogens (tertiary/aromatic N) is 2. The van der Waals surface area contributed by atoms with E-state index in [9.17, 15) is 4.79 Å². The van der Waals surface area contributed by atoms with E-state index in [0.29, 0.717) is 11.7 Å². The maximum absolute atomic E-state index is 12.6. The first kappa shape index (κ1) is 19.4. The van der Waals surface area contributed by atoms with Gasteiger partial charge in [0.1, 0.15) is 6.54 Å². The fourth-order valence-corrected chi connectivity index (χ4v) is 4.52. The summed E-state index contributed by atoms with van der Waals surface area (Å²) in [4.78, 5) is 16.9. The van der Waals surface area contributed by atoms with Crippen molar-refractivity contribution in [1.29, 1.82) is 0 Å². The van der Waals surface area contributed by atoms with Gasteiger partial charge in [0, 0.05) is 39.4 Å². The van der Waals surface area contributed by atoms with Crippen molar-refractivity contribution in [3.63, 3.8) is 0 Å². The van der Waals surface area contributed by atoms with E-state index in [-0.39, 0.29) is 18.3 Å². The molecule has 0 saturated heterocycles. The first-order valence-electron chi connectivity index (χ1n) is 8.34. The molecule has 0 spiro atoms. The Hall–Kier alpha value is -1.41. The number of halogens is 2. The Morgan fingerprint density at radius 1 is 1.38 bits per heavy atom. The van der Waals surface area contributed by atoms with Gasteiger partial charge in [0.2, 0.25) is 5.91 Å². The number of nitrogens with one attached hydrogen (secondary N) is 2. The van der Waals surface area contributed by atoms with E-state index in [1.165, 1.54) is 28.0 Å². The fraction of sp³-hybridized carbons (Fsp3) is 0.333. The van der Waals surface area contributed by atoms with Gasteiger partial charge in [-0.05, 0) is 43.7 Å². The Morgan fingerprint density at radius 2 is 2.19 bits per heavy atom. The molecule has 0 fully saturated rings. The number of rotatable bonds is 3. The van der Waals surface area contributed by atoms with E-state index in [0.717, 1.165) is 41.6 Å². The topological polar surface area (TPSA) is 59.0 Å². The Kier molecular flexibility index (Phi) is 6.02. The van der Waals surface area contributed by atoms with Gasteiger partial charge >= 0.3 is 0 Å². The molecule has 4 rings (SSSR count). The Labute approximate surface area is 170 Å². The summed E-state index contributed by atoms with van der Waals surface area (Å²) in [6.07, 6.45) is 1.92. The number of carbonyl (C=O) groups excluding carboxylic acids is 1. The molecule has 26 heavy (non-hydrogen) atoms. The van der Waals surface area contributed by atoms with Crippen LogP contribution in [-0.2, 0) is 24.2 Å². The number of fused-ring (bicyclic) bond motifs is 3. The van der Waals surface area contributed by atoms with Crippen LogP contribution >= 0.6 is 39.7 Å². The summed E-state index contributed by atoms with van der Waals surface area (Å²) in [6.45, 7) is 4.16. The zero-order valence-corrected chi connectivity index (χ0v) is 17.6. The minimum Gasteiger partial charge on any atom is -0.335 e. The Bertz CT molecular complexity index is 952. The van der Waals surface area contributed by atoms with Gasteiger partial charge in [-0.25, -0.2) is 4.98 Å². The lowest BCUT2D eigenvalue weighted by atomic mass is 10.1. The van der Waals surface area contributed by atoms with Crippen molar-refractivity contribution >= 4 is 61.6 Å². The lowest BCUT2D eigenvalue weighted by Crippen LogP contribution is -2.21. The van der Waals surface area contributed by atoms with Crippen LogP contribution < -0.4 is 10.6 Å². The molecule has 0 aliphatic carbocycles. The highest BCUT2D eigenvalue weighted by molar-refractivity contribution is 9.10. The van der Waals surface area contributed by atoms with Crippen LogP contribution in [0.15, 0.2) is 28.1 Å². The normalized spacial score (nSPS) is 13.8. The van der Waals surface area contributed by atoms with Crippen LogP contribution in [0.5, 0.6) is 0 Å². The lowest BCUT2D eigenvalue weighted by molar-refractivity contribution is -0.116. The van der Waals surface area contributed by atoms with E-state index in [2.05, 4.69) is 48.2 Å². The van der Waals surface area contributed by atoms with E-state index in [4.69, 9.17) is 0 Å². The molecule has 1 aliphatic rings. The van der Waals surface area contributed by atoms with Gasteiger partial charge < -0.3 is 15.2 Å². The van der Waals surface area contributed by atoms with Gasteiger partial charge in [-0.3, -0.25) is 4.79 Å². The number of aromatic nitrogens is 2. The van der Waals surface area contributed by atoms with Crippen LogP contribution in [0.25, 0.3) is 10.9 Å². The molecule has 3 heterocycles. The molecule has 1 amide bonds. The standard InChI is InChI=1S/C18H19BrN4OS.ClH/c1-11-10-25-18(21-11)22-17(24)9-23-15-3-2-12(19)8-14(15)13-4-6-20-7-5-16(13)23;/h2-3,8,10,20H,4-7,9H2,1H3,(H,21,22,24);1H. The molecular formula is C18H20BrClN4OS. The number of thiazole rings is 1. The number of anilines is 1. The Morgan fingerprint density at radius 3 is 2.96 bits per heavy atom. The number of hydrogen-bond donors (Lipinski definition) is 2. The smallest absolute Gasteiger partial charge is 0.246 e. The van der Waals surface area contributed by atoms with Crippen LogP contribution in [0.1, 0.15) is 17.0 Å². The van der Waals surface area contributed by atoms with E-state index < -0.39 is 0 Å². The summed E-state index contributed by atoms with van der Waals surface area (Å²) in [5.41, 5.74) is 4.68. The highest BCUT2D eigenvalue weighted by Gasteiger charge is 2.20. The van der Waals surface area contributed by atoms with Gasteiger partial charge in [0.05, 0.1) is 5.69 Å². The summed E-state index contributed by atoms with van der Waals surface area (Å²) in [5, 5.41) is 10.2. The summed E-state index contributed by atoms with van der Waals surface area (Å²) in [7, 11) is 0. The zero-order valence-electron chi connectivity index (χ0n) is 14.3. The average molecular weight is 456 g/mol. The van der Waals surface area contributed by atoms with Gasteiger partial charge in [-0.2, -0.15) is 0 Å². The third-order valence-electron chi connectivity index (χ3n) is 4.51. The summed E-state index contributed by atoms with van der Waals surface area (Å²) >= 11 is 5.04. The summed E-state index contributed by atoms with van der Waals surface area (Å²) in [5.74, 6) is -0.0332. The third kappa shape index (κ3) is 3.81. The van der Waals surface area contributed by atoms with Gasteiger partial charge in [0.15, 0.2) is 5.13 Å². The molecule has 3 aromatic rings. The average Bonchev–Trinajstić information content (AvgIpc) is 2.99. The van der Waals surface area contributed by atoms with Crippen molar-refractivity contribution in [2.45, 2.75) is 26.3 Å². The lowest BCUT2D eigenvalue weighted by Gasteiger charge is -2.10. The van der Waals surface area contributed by atoms with Crippen molar-refractivity contribution in [1.82, 2.24) is 14.9 Å². The van der Waals surface area contributed by atoms with Crippen molar-refractivity contribution in [3.05, 3.63) is 45.0 Å². The predicted octanol–water partition coefficient (Wildman–Crippen LogP) is 3.92. The highest BCUT2D eigenvalue weighted by Crippen LogP contribution is 2.30. The molecule has 2 aromatic heterocycles. The molecule has 138 valence electrons. The molecule has 0 saturated carbocycles. The fourth-order valence-electron chi connectivity index (χ4n) is 3.45. The zero-order chi connectivity index (χ0) is 17.4. The van der Waals surface area contributed by atoms with E-state index >= 15 is 0 Å². The molecule has 1 aromatic carbocycles. The molecule has 0 bridgehead atoms. The molecular weight excluding hydrogens is 436 g/mol. The van der Waals surface area contributed by atoms with Crippen molar-refractivity contribution in [3.8, 4) is 0 Å². The number of benzene rings is 1. The highest BCUT2D eigenvalue weighted by atomic mass is 79.9. The minimum atomic E-state index is -0.0332. The maximum Gasteiger partial charge on any atom is 0.246 e. The number of amides is 1. The number of aryl methyl sites for hydroxylation is 1. The second-order valence-corrected chi connectivity index (χ2v) is 8.04. The van der Waals surface area contributed by atoms with Crippen LogP contribution in [0.3, 0.4) is 0 Å². The third-order valence-corrected chi connectivity index (χ3v) is 5.87. The van der Waals surface area contributed by atoms with Crippen molar-refractivity contribution in [2.24, 2.45) is 0 Å². The summed E-state index contributed by atoms with van der Waals surface area (Å²) < 4.78 is 3.24. The first-order valence-corrected chi connectivity index (χ1v) is 10.0. The van der Waals surface area contributed by atoms with E-state index in [1.54, 1.807) is 0 Å². The predicted molar refractivity (Wildman–Crippen MR) is 113 cm³/mol. The van der Waals surface area contributed by atoms with Crippen LogP contribution in [0, 0.1) is 6.92 Å². The van der Waals surface area contributed by atoms with Crippen molar-refractivity contribution in [2.75, 3.05) is 18.4 Å².